The fraction of sp³-hybridized carbons (Fsp3) is 0.358. The Morgan fingerprint density at radius 1 is 0.851 bits per heavy atom. The Kier molecular flexibility index (Phi) is 11.8. The second-order valence-electron chi connectivity index (χ2n) is 18.4. The van der Waals surface area contributed by atoms with E-state index in [9.17, 15) is 15.0 Å². The zero-order valence-corrected chi connectivity index (χ0v) is 39.4. The zero-order valence-electron chi connectivity index (χ0n) is 38.6. The highest BCUT2D eigenvalue weighted by Gasteiger charge is 2.36. The number of piperidine rings is 1. The van der Waals surface area contributed by atoms with Gasteiger partial charge >= 0.3 is 5.97 Å². The van der Waals surface area contributed by atoms with Gasteiger partial charge in [0.1, 0.15) is 34.3 Å². The van der Waals surface area contributed by atoms with Gasteiger partial charge in [-0.15, -0.1) is 21.5 Å². The molecular formula is C53H55F2N7O4S. The molecule has 14 heteroatoms. The number of carbonyl (C=O) groups is 1. The quantitative estimate of drug-likeness (QED) is 0.146. The molecule has 0 amide bonds. The zero-order chi connectivity index (χ0) is 46.7. The summed E-state index contributed by atoms with van der Waals surface area (Å²) in [5, 5.41) is 31.7. The van der Waals surface area contributed by atoms with Gasteiger partial charge in [-0.3, -0.25) is 14.5 Å². The first kappa shape index (κ1) is 44.6. The van der Waals surface area contributed by atoms with Gasteiger partial charge < -0.3 is 24.7 Å². The van der Waals surface area contributed by atoms with Crippen molar-refractivity contribution < 1.29 is 28.5 Å². The maximum absolute atomic E-state index is 16.6. The molecule has 5 heterocycles. The first-order chi connectivity index (χ1) is 32.3. The van der Waals surface area contributed by atoms with Crippen LogP contribution in [0.2, 0.25) is 0 Å². The van der Waals surface area contributed by atoms with Crippen LogP contribution in [0.25, 0.3) is 16.1 Å². The summed E-state index contributed by atoms with van der Waals surface area (Å²) < 4.78 is 40.3. The standard InChI is InChI=1S/C53H55F2N7O4S/c1-31-33(3)67-51-47(31)49(56-32(2)50-58-57-34(4)62(50)51)35-13-16-38(17-14-35)60-21-19-53(65,20-22-60)30-59-23-25-61(26-24-59)45-29-46(66-5)42(28-44(45)55)48-39-18-15-37(52(63)64)27-36(39)9-8-11-41(48)40-10-6-7-12-43(40)54/h6-7,10,12-18,27-29,32,65H,8-9,11,19-26,30H2,1-5H3,(H,63,64)/t32-/m0/s1. The highest BCUT2D eigenvalue weighted by Crippen LogP contribution is 2.46. The highest BCUT2D eigenvalue weighted by atomic mass is 32.1. The summed E-state index contributed by atoms with van der Waals surface area (Å²) in [6.07, 6.45) is 3.03. The Balaban J connectivity index is 0.817. The monoisotopic (exact) mass is 923 g/mol. The SMILES string of the molecule is COc1cc(N2CCN(CC3(O)CCN(c4ccc(C5=N[C@@H](C)c6nnc(C)n6-c6sc(C)c(C)c65)cc4)CC3)CC2)c(F)cc1C1=C(c2ccccc2F)CCCc2cc(C(=O)O)ccc21. The van der Waals surface area contributed by atoms with Crippen LogP contribution >= 0.6 is 11.3 Å². The number of aliphatic imine (C=N–C) groups is 1. The molecule has 2 N–H and O–H groups in total. The fourth-order valence-corrected chi connectivity index (χ4v) is 11.8. The van der Waals surface area contributed by atoms with Crippen LogP contribution in [0, 0.1) is 32.4 Å². The lowest BCUT2D eigenvalue weighted by atomic mass is 9.86. The molecule has 11 nitrogen and oxygen atoms in total. The Morgan fingerprint density at radius 2 is 1.60 bits per heavy atom. The van der Waals surface area contributed by atoms with Crippen LogP contribution in [-0.2, 0) is 6.42 Å². The molecule has 0 saturated carbocycles. The summed E-state index contributed by atoms with van der Waals surface area (Å²) in [5.74, 6) is 0.333. The lowest BCUT2D eigenvalue weighted by Gasteiger charge is -2.44. The maximum atomic E-state index is 16.6. The molecule has 6 aromatic rings. The number of thiophene rings is 1. The first-order valence-corrected chi connectivity index (χ1v) is 24.0. The number of fused-ring (bicyclic) bond motifs is 4. The van der Waals surface area contributed by atoms with Gasteiger partial charge in [-0.05, 0) is 124 Å². The second-order valence-corrected chi connectivity index (χ2v) is 19.7. The summed E-state index contributed by atoms with van der Waals surface area (Å²) >= 11 is 1.76. The predicted octanol–water partition coefficient (Wildman–Crippen LogP) is 9.60. The van der Waals surface area contributed by atoms with Crippen LogP contribution in [0.5, 0.6) is 5.75 Å². The molecule has 2 fully saturated rings. The van der Waals surface area contributed by atoms with Crippen LogP contribution in [0.1, 0.15) is 104 Å². The number of aromatic carboxylic acids is 1. The number of benzene rings is 4. The Labute approximate surface area is 393 Å². The van der Waals surface area contributed by atoms with E-state index in [4.69, 9.17) is 9.73 Å². The third-order valence-corrected chi connectivity index (χ3v) is 15.5. The molecule has 0 radical (unpaired) electrons. The van der Waals surface area contributed by atoms with Crippen molar-refractivity contribution in [2.75, 3.05) is 62.7 Å². The largest absolute Gasteiger partial charge is 0.496 e. The molecule has 2 saturated heterocycles. The van der Waals surface area contributed by atoms with Crippen molar-refractivity contribution in [3.63, 3.8) is 0 Å². The molecule has 346 valence electrons. The van der Waals surface area contributed by atoms with E-state index in [0.717, 1.165) is 69.0 Å². The topological polar surface area (TPSA) is 120 Å². The number of β-amino-alcohol motifs (C(OH)–C–C–N with tert-alkyl or cyclic N) is 1. The van der Waals surface area contributed by atoms with Crippen LogP contribution in [0.3, 0.4) is 0 Å². The summed E-state index contributed by atoms with van der Waals surface area (Å²) in [6.45, 7) is 12.8. The summed E-state index contributed by atoms with van der Waals surface area (Å²) in [4.78, 5) is 25.1. The van der Waals surface area contributed by atoms with Crippen molar-refractivity contribution in [3.8, 4) is 10.8 Å². The molecule has 4 aromatic carbocycles. The normalized spacial score (nSPS) is 18.4. The van der Waals surface area contributed by atoms with E-state index in [1.54, 1.807) is 60.9 Å². The number of halogens is 2. The van der Waals surface area contributed by atoms with Crippen molar-refractivity contribution in [2.45, 2.75) is 71.4 Å². The van der Waals surface area contributed by atoms with E-state index in [0.29, 0.717) is 93.0 Å². The van der Waals surface area contributed by atoms with Crippen molar-refractivity contribution in [2.24, 2.45) is 4.99 Å². The molecule has 2 aromatic heterocycles. The number of allylic oxidation sites excluding steroid dienone is 1. The number of carboxylic acids is 1. The van der Waals surface area contributed by atoms with Gasteiger partial charge in [0.25, 0.3) is 0 Å². The van der Waals surface area contributed by atoms with Gasteiger partial charge in [-0.2, -0.15) is 0 Å². The predicted molar refractivity (Wildman–Crippen MR) is 261 cm³/mol. The number of aryl methyl sites for hydroxylation is 3. The molecule has 0 spiro atoms. The average Bonchev–Trinajstić information content (AvgIpc) is 3.73. The molecule has 0 unspecified atom stereocenters. The lowest BCUT2D eigenvalue weighted by molar-refractivity contribution is -0.0173. The number of ether oxygens (including phenoxy) is 1. The maximum Gasteiger partial charge on any atom is 0.335 e. The molecule has 0 bridgehead atoms. The molecule has 1 atom stereocenters. The number of carboxylic acid groups (broad SMARTS) is 1. The molecular weight excluding hydrogens is 869 g/mol. The van der Waals surface area contributed by atoms with Gasteiger partial charge in [0.05, 0.1) is 29.7 Å². The Bertz CT molecular complexity index is 2960. The molecule has 67 heavy (non-hydrogen) atoms. The van der Waals surface area contributed by atoms with Crippen molar-refractivity contribution in [3.05, 3.63) is 152 Å². The minimum Gasteiger partial charge on any atom is -0.496 e. The van der Waals surface area contributed by atoms with E-state index in [1.165, 1.54) is 22.6 Å². The minimum absolute atomic E-state index is 0.148. The molecule has 3 aliphatic heterocycles. The smallest absolute Gasteiger partial charge is 0.335 e. The number of aromatic nitrogens is 3. The number of hydrogen-bond donors (Lipinski definition) is 2. The number of piperazine rings is 1. The van der Waals surface area contributed by atoms with Crippen LogP contribution in [0.4, 0.5) is 20.2 Å². The Morgan fingerprint density at radius 3 is 2.31 bits per heavy atom. The van der Waals surface area contributed by atoms with Gasteiger partial charge in [0, 0.05) is 84.7 Å². The highest BCUT2D eigenvalue weighted by molar-refractivity contribution is 7.15. The number of aliphatic hydroxyl groups is 1. The lowest BCUT2D eigenvalue weighted by Crippen LogP contribution is -2.55. The molecule has 1 aliphatic carbocycles. The van der Waals surface area contributed by atoms with Gasteiger partial charge in [0.2, 0.25) is 0 Å². The summed E-state index contributed by atoms with van der Waals surface area (Å²) in [7, 11) is 1.55. The summed E-state index contributed by atoms with van der Waals surface area (Å²) in [6, 6.07) is 23.3. The van der Waals surface area contributed by atoms with Gasteiger partial charge in [-0.25, -0.2) is 13.6 Å². The van der Waals surface area contributed by atoms with Crippen molar-refractivity contribution >= 4 is 45.5 Å². The van der Waals surface area contributed by atoms with Crippen molar-refractivity contribution in [1.29, 1.82) is 0 Å². The van der Waals surface area contributed by atoms with Gasteiger partial charge in [0.15, 0.2) is 5.82 Å². The number of methoxy groups -OCH3 is 1. The number of anilines is 2. The fourth-order valence-electron chi connectivity index (χ4n) is 10.6. The molecule has 4 aliphatic rings. The second kappa shape index (κ2) is 17.8. The van der Waals surface area contributed by atoms with Gasteiger partial charge in [-0.1, -0.05) is 36.4 Å². The van der Waals surface area contributed by atoms with Crippen LogP contribution in [-0.4, -0.2) is 100 Å². The number of nitrogens with zero attached hydrogens (tertiary/aromatic N) is 7. The van der Waals surface area contributed by atoms with E-state index in [-0.39, 0.29) is 17.4 Å². The first-order valence-electron chi connectivity index (χ1n) is 23.2. The Hall–Kier alpha value is -6.22. The third-order valence-electron chi connectivity index (χ3n) is 14.3. The minimum atomic E-state index is -1.03. The van der Waals surface area contributed by atoms with E-state index < -0.39 is 17.4 Å². The van der Waals surface area contributed by atoms with E-state index in [2.05, 4.69) is 69.6 Å². The number of rotatable bonds is 9. The summed E-state index contributed by atoms with van der Waals surface area (Å²) in [5.41, 5.74) is 9.10. The number of hydrogen-bond acceptors (Lipinski definition) is 10. The van der Waals surface area contributed by atoms with Crippen LogP contribution in [0.15, 0.2) is 83.9 Å². The van der Waals surface area contributed by atoms with Crippen molar-refractivity contribution in [1.82, 2.24) is 19.7 Å². The third kappa shape index (κ3) is 8.22. The van der Waals surface area contributed by atoms with E-state index >= 15 is 8.78 Å². The average molecular weight is 924 g/mol. The molecule has 10 rings (SSSR count). The van der Waals surface area contributed by atoms with Crippen LogP contribution < -0.4 is 14.5 Å². The van der Waals surface area contributed by atoms with E-state index in [1.807, 2.05) is 11.8 Å².